The molecule has 35 heavy (non-hydrogen) atoms. The van der Waals surface area contributed by atoms with Gasteiger partial charge in [-0.3, -0.25) is 4.79 Å². The van der Waals surface area contributed by atoms with E-state index in [0.717, 1.165) is 22.4 Å². The Labute approximate surface area is 206 Å². The van der Waals surface area contributed by atoms with Gasteiger partial charge in [0, 0.05) is 44.1 Å². The van der Waals surface area contributed by atoms with E-state index in [9.17, 15) is 15.2 Å². The minimum Gasteiger partial charge on any atom is -0.490 e. The number of nitrogens with zero attached hydrogens (tertiary/aromatic N) is 3. The molecular formula is C28H32N4O3. The van der Waals surface area contributed by atoms with Crippen LogP contribution in [0.5, 0.6) is 5.75 Å². The minimum atomic E-state index is -0.0718. The lowest BCUT2D eigenvalue weighted by molar-refractivity contribution is 0.100. The smallest absolute Gasteiger partial charge is 0.195 e. The van der Waals surface area contributed by atoms with Crippen LogP contribution in [0.4, 0.5) is 0 Å². The van der Waals surface area contributed by atoms with Gasteiger partial charge in [0.15, 0.2) is 11.6 Å². The van der Waals surface area contributed by atoms with Crippen molar-refractivity contribution in [1.29, 1.82) is 5.26 Å². The molecule has 0 spiro atoms. The van der Waals surface area contributed by atoms with Crippen LogP contribution in [0.15, 0.2) is 55.2 Å². The zero-order chi connectivity index (χ0) is 25.5. The van der Waals surface area contributed by atoms with Crippen molar-refractivity contribution < 1.29 is 14.6 Å². The molecule has 0 bridgehead atoms. The number of hydrogen-bond donors (Lipinski definition) is 2. The Bertz CT molecular complexity index is 1240. The van der Waals surface area contributed by atoms with Gasteiger partial charge < -0.3 is 19.7 Å². The largest absolute Gasteiger partial charge is 0.490 e. The fourth-order valence-electron chi connectivity index (χ4n) is 3.90. The number of imidazole rings is 1. The molecule has 182 valence electrons. The van der Waals surface area contributed by atoms with Crippen molar-refractivity contribution in [2.45, 2.75) is 45.8 Å². The maximum absolute atomic E-state index is 11.7. The van der Waals surface area contributed by atoms with Crippen LogP contribution in [0.1, 0.15) is 54.5 Å². The van der Waals surface area contributed by atoms with Gasteiger partial charge in [-0.2, -0.15) is 5.26 Å². The van der Waals surface area contributed by atoms with Crippen molar-refractivity contribution in [1.82, 2.24) is 14.9 Å². The Hall–Kier alpha value is -3.89. The first-order valence-electron chi connectivity index (χ1n) is 11.6. The molecular weight excluding hydrogens is 440 g/mol. The van der Waals surface area contributed by atoms with Gasteiger partial charge in [-0.25, -0.2) is 4.98 Å². The summed E-state index contributed by atoms with van der Waals surface area (Å²) in [6.07, 6.45) is 3.05. The lowest BCUT2D eigenvalue weighted by Crippen LogP contribution is -2.30. The van der Waals surface area contributed by atoms with Gasteiger partial charge >= 0.3 is 0 Å². The molecule has 0 saturated heterocycles. The predicted octanol–water partition coefficient (Wildman–Crippen LogP) is 4.50. The molecule has 3 rings (SSSR count). The highest BCUT2D eigenvalue weighted by molar-refractivity contribution is 5.91. The summed E-state index contributed by atoms with van der Waals surface area (Å²) in [5, 5.41) is 22.5. The highest BCUT2D eigenvalue weighted by Gasteiger charge is 2.15. The Kier molecular flexibility index (Phi) is 8.45. The van der Waals surface area contributed by atoms with Crippen molar-refractivity contribution in [3.05, 3.63) is 77.8 Å². The fourth-order valence-corrected chi connectivity index (χ4v) is 3.90. The van der Waals surface area contributed by atoms with Gasteiger partial charge in [-0.15, -0.1) is 0 Å². The summed E-state index contributed by atoms with van der Waals surface area (Å²) in [6.45, 7) is 9.53. The van der Waals surface area contributed by atoms with E-state index in [4.69, 9.17) is 4.74 Å². The third-order valence-corrected chi connectivity index (χ3v) is 5.59. The van der Waals surface area contributed by atoms with Crippen molar-refractivity contribution in [3.8, 4) is 23.1 Å². The molecule has 7 nitrogen and oxygen atoms in total. The van der Waals surface area contributed by atoms with Crippen LogP contribution in [0, 0.1) is 11.3 Å². The molecule has 1 aromatic heterocycles. The first kappa shape index (κ1) is 25.7. The average molecular weight is 473 g/mol. The zero-order valence-electron chi connectivity index (χ0n) is 20.7. The summed E-state index contributed by atoms with van der Waals surface area (Å²) in [4.78, 5) is 16.1. The Morgan fingerprint density at radius 1 is 1.26 bits per heavy atom. The number of carbonyl (C=O) groups is 1. The van der Waals surface area contributed by atoms with Gasteiger partial charge in [0.1, 0.15) is 11.8 Å². The summed E-state index contributed by atoms with van der Waals surface area (Å²) in [5.41, 5.74) is 4.70. The molecule has 2 N–H and O–H groups in total. The number of benzene rings is 2. The number of ether oxygens (including phenoxy) is 1. The van der Waals surface area contributed by atoms with E-state index in [-0.39, 0.29) is 24.5 Å². The molecule has 7 heteroatoms. The maximum Gasteiger partial charge on any atom is 0.195 e. The second-order valence-electron chi connectivity index (χ2n) is 8.84. The average Bonchev–Trinajstić information content (AvgIpc) is 3.21. The summed E-state index contributed by atoms with van der Waals surface area (Å²) in [7, 11) is 1.81. The van der Waals surface area contributed by atoms with Crippen molar-refractivity contribution in [2.75, 3.05) is 6.61 Å². The SMILES string of the molecule is C=C(N[C@H](CCO)Cc1ccc(-c2cn(C)c(C(C)=O)n2)cc1)c1ccc(OC(C)C)c(C#N)c1. The number of aryl methyl sites for hydroxylation is 1. The van der Waals surface area contributed by atoms with Gasteiger partial charge in [0.2, 0.25) is 0 Å². The summed E-state index contributed by atoms with van der Waals surface area (Å²) >= 11 is 0. The molecule has 1 atom stereocenters. The lowest BCUT2D eigenvalue weighted by Gasteiger charge is -2.21. The van der Waals surface area contributed by atoms with E-state index in [0.29, 0.717) is 35.7 Å². The number of nitrogens with one attached hydrogen (secondary N) is 1. The van der Waals surface area contributed by atoms with E-state index in [1.807, 2.05) is 57.4 Å². The van der Waals surface area contributed by atoms with Gasteiger partial charge in [0.05, 0.1) is 17.4 Å². The standard InChI is InChI=1S/C28H32N4O3/c1-18(2)35-27-11-10-23(15-24(27)16-29)19(3)30-25(12-13-33)14-21-6-8-22(9-7-21)26-17-32(5)28(31-26)20(4)34/h6-11,15,17-18,25,30,33H,3,12-14H2,1-2,4-5H3/t25-/m1/s1. The first-order chi connectivity index (χ1) is 16.7. The summed E-state index contributed by atoms with van der Waals surface area (Å²) in [5.74, 6) is 0.907. The number of Topliss-reactive ketones (excluding diaryl/α,β-unsaturated/α-hetero) is 1. The van der Waals surface area contributed by atoms with Crippen LogP contribution in [-0.2, 0) is 13.5 Å². The molecule has 0 aliphatic heterocycles. The van der Waals surface area contributed by atoms with Crippen LogP contribution < -0.4 is 10.1 Å². The van der Waals surface area contributed by atoms with Crippen molar-refractivity contribution >= 4 is 11.5 Å². The van der Waals surface area contributed by atoms with E-state index in [2.05, 4.69) is 22.9 Å². The van der Waals surface area contributed by atoms with Crippen molar-refractivity contribution in [2.24, 2.45) is 7.05 Å². The fraction of sp³-hybridized carbons (Fsp3) is 0.321. The Morgan fingerprint density at radius 3 is 2.54 bits per heavy atom. The first-order valence-corrected chi connectivity index (χ1v) is 11.6. The number of aliphatic hydroxyl groups is 1. The van der Waals surface area contributed by atoms with Crippen LogP contribution in [0.3, 0.4) is 0 Å². The van der Waals surface area contributed by atoms with Crippen LogP contribution in [0.2, 0.25) is 0 Å². The highest BCUT2D eigenvalue weighted by Crippen LogP contribution is 2.24. The highest BCUT2D eigenvalue weighted by atomic mass is 16.5. The zero-order valence-corrected chi connectivity index (χ0v) is 20.7. The lowest BCUT2D eigenvalue weighted by atomic mass is 10.0. The monoisotopic (exact) mass is 472 g/mol. The molecule has 3 aromatic rings. The number of aliphatic hydroxyl groups excluding tert-OH is 1. The molecule has 1 heterocycles. The molecule has 0 unspecified atom stereocenters. The maximum atomic E-state index is 11.7. The summed E-state index contributed by atoms with van der Waals surface area (Å²) < 4.78 is 7.44. The van der Waals surface area contributed by atoms with E-state index in [1.54, 1.807) is 16.7 Å². The molecule has 0 aliphatic carbocycles. The number of nitriles is 1. The number of ketones is 1. The number of rotatable bonds is 11. The van der Waals surface area contributed by atoms with Gasteiger partial charge in [0.25, 0.3) is 0 Å². The molecule has 2 aromatic carbocycles. The molecule has 0 aliphatic rings. The second-order valence-corrected chi connectivity index (χ2v) is 8.84. The number of carbonyl (C=O) groups excluding carboxylic acids is 1. The predicted molar refractivity (Wildman–Crippen MR) is 137 cm³/mol. The number of aromatic nitrogens is 2. The van der Waals surface area contributed by atoms with Gasteiger partial charge in [-0.05, 0) is 56.0 Å². The molecule has 0 fully saturated rings. The quantitative estimate of drug-likeness (QED) is 0.399. The van der Waals surface area contributed by atoms with Crippen LogP contribution >= 0.6 is 0 Å². The topological polar surface area (TPSA) is 100 Å². The van der Waals surface area contributed by atoms with E-state index < -0.39 is 0 Å². The third kappa shape index (κ3) is 6.58. The van der Waals surface area contributed by atoms with Crippen LogP contribution in [0.25, 0.3) is 17.0 Å². The second kappa shape index (κ2) is 11.5. The summed E-state index contributed by atoms with van der Waals surface area (Å²) in [6, 6.07) is 15.6. The molecule has 0 amide bonds. The van der Waals surface area contributed by atoms with Gasteiger partial charge in [-0.1, -0.05) is 30.8 Å². The Balaban J connectivity index is 1.71. The van der Waals surface area contributed by atoms with Crippen molar-refractivity contribution in [3.63, 3.8) is 0 Å². The van der Waals surface area contributed by atoms with E-state index >= 15 is 0 Å². The normalized spacial score (nSPS) is 11.7. The molecule has 0 saturated carbocycles. The third-order valence-electron chi connectivity index (χ3n) is 5.59. The Morgan fingerprint density at radius 2 is 1.97 bits per heavy atom. The number of hydrogen-bond acceptors (Lipinski definition) is 6. The minimum absolute atomic E-state index is 0.0246. The van der Waals surface area contributed by atoms with Crippen LogP contribution in [-0.4, -0.2) is 39.2 Å². The molecule has 0 radical (unpaired) electrons. The van der Waals surface area contributed by atoms with E-state index in [1.165, 1.54) is 6.92 Å².